The normalized spacial score (nSPS) is 11.4. The minimum atomic E-state index is -3.21. The summed E-state index contributed by atoms with van der Waals surface area (Å²) in [4.78, 5) is 0.236. The minimum Gasteiger partial charge on any atom is -0.437 e. The Morgan fingerprint density at radius 2 is 1.65 bits per heavy atom. The number of rotatable bonds is 3. The first-order valence-electron chi connectivity index (χ1n) is 5.76. The molecule has 0 unspecified atom stereocenters. The lowest BCUT2D eigenvalue weighted by molar-refractivity contribution is 0.450. The molecule has 0 N–H and O–H groups in total. The molecular weight excluding hydrogens is 300 g/mol. The van der Waals surface area contributed by atoms with Gasteiger partial charge in [-0.15, -0.1) is 10.2 Å². The number of nitrogens with zero attached hydrogens (tertiary/aromatic N) is 2. The predicted molar refractivity (Wildman–Crippen MR) is 76.1 cm³/mol. The molecule has 0 saturated carbocycles. The van der Waals surface area contributed by atoms with Crippen molar-refractivity contribution in [3.8, 4) is 11.6 Å². The van der Waals surface area contributed by atoms with Crippen LogP contribution in [0, 0.1) is 13.8 Å². The molecule has 2 rings (SSSR count). The van der Waals surface area contributed by atoms with Crippen molar-refractivity contribution < 1.29 is 13.2 Å². The molecule has 0 spiro atoms. The van der Waals surface area contributed by atoms with Gasteiger partial charge in [-0.2, -0.15) is 0 Å². The molecule has 1 heterocycles. The molecule has 0 amide bonds. The minimum absolute atomic E-state index is 0.236. The lowest BCUT2D eigenvalue weighted by Crippen LogP contribution is -1.99. The Labute approximate surface area is 122 Å². The summed E-state index contributed by atoms with van der Waals surface area (Å²) in [5.41, 5.74) is 1.58. The van der Waals surface area contributed by atoms with Crippen molar-refractivity contribution in [1.29, 1.82) is 0 Å². The van der Waals surface area contributed by atoms with Crippen molar-refractivity contribution in [1.82, 2.24) is 10.2 Å². The molecule has 2 aromatic rings. The maximum atomic E-state index is 11.4. The molecule has 0 atom stereocenters. The molecule has 106 valence electrons. The number of benzene rings is 1. The van der Waals surface area contributed by atoms with E-state index in [0.29, 0.717) is 16.8 Å². The van der Waals surface area contributed by atoms with Crippen molar-refractivity contribution >= 4 is 21.4 Å². The van der Waals surface area contributed by atoms with Gasteiger partial charge in [0, 0.05) is 11.8 Å². The van der Waals surface area contributed by atoms with Gasteiger partial charge in [0.1, 0.15) is 5.75 Å². The van der Waals surface area contributed by atoms with E-state index in [-0.39, 0.29) is 4.90 Å². The van der Waals surface area contributed by atoms with Crippen LogP contribution < -0.4 is 4.74 Å². The van der Waals surface area contributed by atoms with E-state index >= 15 is 0 Å². The zero-order chi connectivity index (χ0) is 14.9. The topological polar surface area (TPSA) is 69.2 Å². The van der Waals surface area contributed by atoms with E-state index in [1.54, 1.807) is 12.1 Å². The highest BCUT2D eigenvalue weighted by Gasteiger charge is 2.11. The van der Waals surface area contributed by atoms with Crippen LogP contribution in [0.3, 0.4) is 0 Å². The summed E-state index contributed by atoms with van der Waals surface area (Å²) in [6, 6.07) is 6.11. The second kappa shape index (κ2) is 5.38. The molecular formula is C13H13ClN2O3S. The van der Waals surface area contributed by atoms with Gasteiger partial charge in [0.05, 0.1) is 4.90 Å². The Balaban J connectivity index is 2.30. The smallest absolute Gasteiger partial charge is 0.242 e. The van der Waals surface area contributed by atoms with Crippen LogP contribution in [0.2, 0.25) is 5.15 Å². The summed E-state index contributed by atoms with van der Waals surface area (Å²) in [5.74, 6) is 0.829. The zero-order valence-electron chi connectivity index (χ0n) is 11.2. The highest BCUT2D eigenvalue weighted by atomic mass is 35.5. The van der Waals surface area contributed by atoms with Gasteiger partial charge in [-0.05, 0) is 43.7 Å². The quantitative estimate of drug-likeness (QED) is 0.871. The van der Waals surface area contributed by atoms with Crippen molar-refractivity contribution in [3.05, 3.63) is 40.5 Å². The Kier molecular flexibility index (Phi) is 3.96. The third kappa shape index (κ3) is 3.08. The van der Waals surface area contributed by atoms with Gasteiger partial charge >= 0.3 is 0 Å². The Hall–Kier alpha value is -1.66. The maximum Gasteiger partial charge on any atom is 0.242 e. The van der Waals surface area contributed by atoms with Gasteiger partial charge in [-0.1, -0.05) is 11.6 Å². The van der Waals surface area contributed by atoms with Gasteiger partial charge in [-0.25, -0.2) is 8.42 Å². The Morgan fingerprint density at radius 3 is 2.20 bits per heavy atom. The van der Waals surface area contributed by atoms with Crippen LogP contribution in [0.1, 0.15) is 11.1 Å². The SMILES string of the molecule is Cc1c(Cl)nnc(Oc2ccc(S(C)(=O)=O)cc2)c1C. The molecule has 0 aliphatic rings. The van der Waals surface area contributed by atoms with Crippen molar-refractivity contribution in [3.63, 3.8) is 0 Å². The van der Waals surface area contributed by atoms with Gasteiger partial charge in [-0.3, -0.25) is 0 Å². The van der Waals surface area contributed by atoms with Crippen LogP contribution >= 0.6 is 11.6 Å². The molecule has 0 bridgehead atoms. The molecule has 20 heavy (non-hydrogen) atoms. The second-order valence-electron chi connectivity index (χ2n) is 4.39. The first-order valence-corrected chi connectivity index (χ1v) is 8.03. The van der Waals surface area contributed by atoms with E-state index in [0.717, 1.165) is 17.4 Å². The van der Waals surface area contributed by atoms with Crippen LogP contribution in [0.5, 0.6) is 11.6 Å². The first-order chi connectivity index (χ1) is 9.29. The summed E-state index contributed by atoms with van der Waals surface area (Å²) in [6.07, 6.45) is 1.15. The van der Waals surface area contributed by atoms with E-state index in [9.17, 15) is 8.42 Å². The average Bonchev–Trinajstić information content (AvgIpc) is 2.39. The summed E-state index contributed by atoms with van der Waals surface area (Å²) >= 11 is 5.86. The third-order valence-electron chi connectivity index (χ3n) is 2.89. The summed E-state index contributed by atoms with van der Waals surface area (Å²) in [7, 11) is -3.21. The van der Waals surface area contributed by atoms with Gasteiger partial charge in [0.15, 0.2) is 15.0 Å². The fourth-order valence-corrected chi connectivity index (χ4v) is 2.33. The summed E-state index contributed by atoms with van der Waals surface area (Å²) in [6.45, 7) is 3.65. The number of ether oxygens (including phenoxy) is 1. The Bertz CT molecular complexity index is 743. The lowest BCUT2D eigenvalue weighted by Gasteiger charge is -2.09. The standard InChI is InChI=1S/C13H13ClN2O3S/c1-8-9(2)13(16-15-12(8)14)19-10-4-6-11(7-5-10)20(3,17)18/h4-7H,1-3H3. The third-order valence-corrected chi connectivity index (χ3v) is 4.38. The van der Waals surface area contributed by atoms with Crippen molar-refractivity contribution in [2.24, 2.45) is 0 Å². The van der Waals surface area contributed by atoms with E-state index in [1.165, 1.54) is 12.1 Å². The van der Waals surface area contributed by atoms with Crippen LogP contribution in [0.4, 0.5) is 0 Å². The zero-order valence-corrected chi connectivity index (χ0v) is 12.8. The van der Waals surface area contributed by atoms with Crippen LogP contribution in [0.25, 0.3) is 0 Å². The van der Waals surface area contributed by atoms with Crippen LogP contribution in [-0.4, -0.2) is 24.9 Å². The van der Waals surface area contributed by atoms with E-state index < -0.39 is 9.84 Å². The number of hydrogen-bond donors (Lipinski definition) is 0. The fourth-order valence-electron chi connectivity index (χ4n) is 1.52. The van der Waals surface area contributed by atoms with Crippen LogP contribution in [0.15, 0.2) is 29.2 Å². The van der Waals surface area contributed by atoms with Gasteiger partial charge < -0.3 is 4.74 Å². The second-order valence-corrected chi connectivity index (χ2v) is 6.77. The number of halogens is 1. The fraction of sp³-hybridized carbons (Fsp3) is 0.231. The molecule has 0 radical (unpaired) electrons. The predicted octanol–water partition coefficient (Wildman–Crippen LogP) is 2.94. The maximum absolute atomic E-state index is 11.4. The number of sulfone groups is 1. The molecule has 1 aromatic heterocycles. The van der Waals surface area contributed by atoms with Crippen LogP contribution in [-0.2, 0) is 9.84 Å². The largest absolute Gasteiger partial charge is 0.437 e. The number of hydrogen-bond acceptors (Lipinski definition) is 5. The average molecular weight is 313 g/mol. The monoisotopic (exact) mass is 312 g/mol. The molecule has 0 fully saturated rings. The molecule has 0 saturated heterocycles. The highest BCUT2D eigenvalue weighted by molar-refractivity contribution is 7.90. The number of aromatic nitrogens is 2. The van der Waals surface area contributed by atoms with Gasteiger partial charge in [0.25, 0.3) is 0 Å². The molecule has 0 aliphatic heterocycles. The Morgan fingerprint density at radius 1 is 1.05 bits per heavy atom. The van der Waals surface area contributed by atoms with Crippen molar-refractivity contribution in [2.45, 2.75) is 18.7 Å². The molecule has 0 aliphatic carbocycles. The first kappa shape index (κ1) is 14.7. The highest BCUT2D eigenvalue weighted by Crippen LogP contribution is 2.27. The van der Waals surface area contributed by atoms with E-state index in [4.69, 9.17) is 16.3 Å². The van der Waals surface area contributed by atoms with Gasteiger partial charge in [0.2, 0.25) is 5.88 Å². The molecule has 5 nitrogen and oxygen atoms in total. The molecule has 1 aromatic carbocycles. The molecule has 7 heteroatoms. The van der Waals surface area contributed by atoms with E-state index in [1.807, 2.05) is 13.8 Å². The van der Waals surface area contributed by atoms with E-state index in [2.05, 4.69) is 10.2 Å². The summed E-state index contributed by atoms with van der Waals surface area (Å²) in [5, 5.41) is 8.01. The lowest BCUT2D eigenvalue weighted by atomic mass is 10.2. The van der Waals surface area contributed by atoms with Crippen molar-refractivity contribution in [2.75, 3.05) is 6.26 Å². The summed E-state index contributed by atoms with van der Waals surface area (Å²) < 4.78 is 28.3.